The number of pyridine rings is 1. The zero-order valence-corrected chi connectivity index (χ0v) is 29.1. The second kappa shape index (κ2) is 12.1. The normalized spacial score (nSPS) is 11.7. The van der Waals surface area contributed by atoms with Crippen molar-refractivity contribution in [1.29, 1.82) is 0 Å². The van der Waals surface area contributed by atoms with Crippen LogP contribution in [0.1, 0.15) is 0 Å². The SMILES string of the molecule is c1ccc(-c2nc3ccc(-c4cccc(-n5c6ccccc6c6cc7c8ccccc8n(-c8ccccc8)c7cc65)n4)cc3nc2-c2ccccc2)cc1. The van der Waals surface area contributed by atoms with E-state index in [1.807, 2.05) is 36.4 Å². The fraction of sp³-hybridized carbons (Fsp3) is 0. The third-order valence-corrected chi connectivity index (χ3v) is 10.5. The first-order chi connectivity index (χ1) is 26.8. The lowest BCUT2D eigenvalue weighted by molar-refractivity contribution is 1.08. The summed E-state index contributed by atoms with van der Waals surface area (Å²) >= 11 is 0. The van der Waals surface area contributed by atoms with Crippen LogP contribution in [-0.2, 0) is 0 Å². The predicted octanol–water partition coefficient (Wildman–Crippen LogP) is 12.2. The van der Waals surface area contributed by atoms with E-state index in [1.165, 1.54) is 27.1 Å². The second-order valence-electron chi connectivity index (χ2n) is 13.7. The van der Waals surface area contributed by atoms with Crippen LogP contribution in [0.4, 0.5) is 0 Å². The van der Waals surface area contributed by atoms with Crippen LogP contribution in [0, 0.1) is 0 Å². The molecular weight excluding hydrogens is 659 g/mol. The molecule has 0 N–H and O–H groups in total. The number of benzene rings is 7. The van der Waals surface area contributed by atoms with Gasteiger partial charge in [-0.3, -0.25) is 4.57 Å². The Kier molecular flexibility index (Phi) is 6.79. The summed E-state index contributed by atoms with van der Waals surface area (Å²) in [7, 11) is 0. The third kappa shape index (κ3) is 4.76. The molecule has 5 heteroatoms. The highest BCUT2D eigenvalue weighted by molar-refractivity contribution is 6.19. The number of nitrogens with zero attached hydrogens (tertiary/aromatic N) is 5. The maximum Gasteiger partial charge on any atom is 0.138 e. The van der Waals surface area contributed by atoms with Gasteiger partial charge in [-0.1, -0.05) is 127 Å². The van der Waals surface area contributed by atoms with Crippen LogP contribution >= 0.6 is 0 Å². The summed E-state index contributed by atoms with van der Waals surface area (Å²) in [5, 5.41) is 4.86. The van der Waals surface area contributed by atoms with Gasteiger partial charge in [0.1, 0.15) is 5.82 Å². The standard InChI is InChI=1S/C49H31N5/c1-4-15-32(16-5-1)48-49(33-17-6-2-7-18-33)52-42-29-34(27-28-41(42)51-48)40-23-14-26-47(50-40)54-44-25-13-11-22-37(44)39-30-38-36-21-10-12-24-43(36)53(45(38)31-46(39)54)35-19-8-3-9-20-35/h1-31H. The predicted molar refractivity (Wildman–Crippen MR) is 222 cm³/mol. The molecule has 0 saturated carbocycles. The molecular formula is C49H31N5. The Morgan fingerprint density at radius 1 is 0.315 bits per heavy atom. The summed E-state index contributed by atoms with van der Waals surface area (Å²) in [6, 6.07) is 65.8. The van der Waals surface area contributed by atoms with Gasteiger partial charge in [0.15, 0.2) is 0 Å². The molecule has 252 valence electrons. The van der Waals surface area contributed by atoms with Crippen LogP contribution in [-0.4, -0.2) is 24.1 Å². The van der Waals surface area contributed by atoms with Crippen molar-refractivity contribution in [3.05, 3.63) is 188 Å². The largest absolute Gasteiger partial charge is 0.309 e. The molecule has 0 radical (unpaired) electrons. The summed E-state index contributed by atoms with van der Waals surface area (Å²) in [6.45, 7) is 0. The molecule has 0 amide bonds. The lowest BCUT2D eigenvalue weighted by Gasteiger charge is -2.12. The van der Waals surface area contributed by atoms with Gasteiger partial charge in [-0.15, -0.1) is 0 Å². The van der Waals surface area contributed by atoms with Gasteiger partial charge in [-0.05, 0) is 60.7 Å². The van der Waals surface area contributed by atoms with E-state index in [9.17, 15) is 0 Å². The van der Waals surface area contributed by atoms with E-state index in [1.54, 1.807) is 0 Å². The summed E-state index contributed by atoms with van der Waals surface area (Å²) < 4.78 is 4.68. The maximum atomic E-state index is 5.35. The first-order valence-electron chi connectivity index (χ1n) is 18.2. The molecule has 0 spiro atoms. The van der Waals surface area contributed by atoms with E-state index in [4.69, 9.17) is 15.0 Å². The Labute approximate surface area is 311 Å². The minimum atomic E-state index is 0.825. The molecule has 5 nitrogen and oxygen atoms in total. The molecule has 4 heterocycles. The lowest BCUT2D eigenvalue weighted by atomic mass is 10.0. The highest BCUT2D eigenvalue weighted by Crippen LogP contribution is 2.40. The summed E-state index contributed by atoms with van der Waals surface area (Å²) in [5.74, 6) is 0.857. The van der Waals surface area contributed by atoms with Crippen molar-refractivity contribution in [2.75, 3.05) is 0 Å². The first kappa shape index (κ1) is 30.3. The van der Waals surface area contributed by atoms with E-state index < -0.39 is 0 Å². The van der Waals surface area contributed by atoms with Gasteiger partial charge >= 0.3 is 0 Å². The van der Waals surface area contributed by atoms with Gasteiger partial charge in [-0.25, -0.2) is 15.0 Å². The fourth-order valence-electron chi connectivity index (χ4n) is 8.05. The molecule has 54 heavy (non-hydrogen) atoms. The second-order valence-corrected chi connectivity index (χ2v) is 13.7. The van der Waals surface area contributed by atoms with E-state index in [-0.39, 0.29) is 0 Å². The molecule has 0 bridgehead atoms. The van der Waals surface area contributed by atoms with Crippen molar-refractivity contribution < 1.29 is 0 Å². The molecule has 7 aromatic carbocycles. The Morgan fingerprint density at radius 2 is 0.870 bits per heavy atom. The molecule has 0 unspecified atom stereocenters. The van der Waals surface area contributed by atoms with Gasteiger partial charge in [0.05, 0.1) is 50.2 Å². The Morgan fingerprint density at radius 3 is 1.54 bits per heavy atom. The maximum absolute atomic E-state index is 5.35. The Hall–Kier alpha value is -7.37. The van der Waals surface area contributed by atoms with Crippen molar-refractivity contribution in [2.24, 2.45) is 0 Å². The van der Waals surface area contributed by atoms with Crippen molar-refractivity contribution in [3.8, 4) is 45.3 Å². The van der Waals surface area contributed by atoms with Crippen LogP contribution in [0.25, 0.3) is 99.9 Å². The fourth-order valence-corrected chi connectivity index (χ4v) is 8.05. The minimum absolute atomic E-state index is 0.825. The number of aromatic nitrogens is 5. The number of rotatable bonds is 5. The quantitative estimate of drug-likeness (QED) is 0.181. The molecule has 0 aliphatic heterocycles. The molecule has 4 aromatic heterocycles. The van der Waals surface area contributed by atoms with Gasteiger partial charge in [-0.2, -0.15) is 0 Å². The van der Waals surface area contributed by atoms with Crippen molar-refractivity contribution in [3.63, 3.8) is 0 Å². The number of hydrogen-bond acceptors (Lipinski definition) is 3. The van der Waals surface area contributed by atoms with Crippen molar-refractivity contribution >= 4 is 54.6 Å². The van der Waals surface area contributed by atoms with Crippen LogP contribution in [0.15, 0.2) is 188 Å². The Bertz CT molecular complexity index is 3200. The summed E-state index contributed by atoms with van der Waals surface area (Å²) in [4.78, 5) is 15.8. The summed E-state index contributed by atoms with van der Waals surface area (Å²) in [6.07, 6.45) is 0. The molecule has 0 aliphatic rings. The van der Waals surface area contributed by atoms with Crippen LogP contribution < -0.4 is 0 Å². The van der Waals surface area contributed by atoms with Crippen LogP contribution in [0.3, 0.4) is 0 Å². The average molecular weight is 690 g/mol. The number of hydrogen-bond donors (Lipinski definition) is 0. The van der Waals surface area contributed by atoms with Gasteiger partial charge in [0, 0.05) is 43.9 Å². The molecule has 0 atom stereocenters. The van der Waals surface area contributed by atoms with E-state index in [2.05, 4.69) is 161 Å². The number of para-hydroxylation sites is 3. The van der Waals surface area contributed by atoms with E-state index in [0.29, 0.717) is 0 Å². The van der Waals surface area contributed by atoms with Crippen LogP contribution in [0.5, 0.6) is 0 Å². The molecule has 11 aromatic rings. The number of fused-ring (bicyclic) bond motifs is 7. The third-order valence-electron chi connectivity index (χ3n) is 10.5. The molecule has 11 rings (SSSR count). The zero-order valence-electron chi connectivity index (χ0n) is 29.1. The first-order valence-corrected chi connectivity index (χ1v) is 18.2. The van der Waals surface area contributed by atoms with Gasteiger partial charge in [0.25, 0.3) is 0 Å². The minimum Gasteiger partial charge on any atom is -0.309 e. The monoisotopic (exact) mass is 689 g/mol. The van der Waals surface area contributed by atoms with E-state index >= 15 is 0 Å². The zero-order chi connectivity index (χ0) is 35.6. The van der Waals surface area contributed by atoms with E-state index in [0.717, 1.165) is 72.9 Å². The van der Waals surface area contributed by atoms with Gasteiger partial charge < -0.3 is 4.57 Å². The summed E-state index contributed by atoms with van der Waals surface area (Å²) in [5.41, 5.74) is 13.0. The average Bonchev–Trinajstić information content (AvgIpc) is 3.75. The van der Waals surface area contributed by atoms with Crippen molar-refractivity contribution in [1.82, 2.24) is 24.1 Å². The molecule has 0 fully saturated rings. The smallest absolute Gasteiger partial charge is 0.138 e. The highest BCUT2D eigenvalue weighted by Gasteiger charge is 2.19. The Balaban J connectivity index is 1.10. The molecule has 0 saturated heterocycles. The van der Waals surface area contributed by atoms with Crippen molar-refractivity contribution in [2.45, 2.75) is 0 Å². The van der Waals surface area contributed by atoms with Gasteiger partial charge in [0.2, 0.25) is 0 Å². The topological polar surface area (TPSA) is 48.5 Å². The highest BCUT2D eigenvalue weighted by atomic mass is 15.1. The van der Waals surface area contributed by atoms with Crippen LogP contribution in [0.2, 0.25) is 0 Å². The molecule has 0 aliphatic carbocycles. The lowest BCUT2D eigenvalue weighted by Crippen LogP contribution is -1.99.